The van der Waals surface area contributed by atoms with Crippen molar-refractivity contribution in [3.63, 3.8) is 0 Å². The first-order valence-corrected chi connectivity index (χ1v) is 4.71. The van der Waals surface area contributed by atoms with Crippen molar-refractivity contribution >= 4 is 17.2 Å². The highest BCUT2D eigenvalue weighted by atomic mass is 127. The molecule has 4 nitrogen and oxygen atoms in total. The zero-order valence-electron chi connectivity index (χ0n) is 11.5. The lowest BCUT2D eigenvalue weighted by molar-refractivity contribution is -0.254. The molecule has 0 fully saturated rings. The number of aromatic hydroxyl groups is 1. The SMILES string of the molecule is [H+].[H+].[I-].[I-].[NH2+]=C1C=CC(=O)C=C1.[NH3+]c1ccc(O)cc1. The molecule has 0 unspecified atom stereocenters. The number of phenolic OH excluding ortho intramolecular Hbond substituents is 1. The lowest BCUT2D eigenvalue weighted by Crippen LogP contribution is -3.00. The van der Waals surface area contributed by atoms with Crippen LogP contribution in [0.25, 0.3) is 0 Å². The van der Waals surface area contributed by atoms with Crippen LogP contribution in [0.3, 0.4) is 0 Å². The van der Waals surface area contributed by atoms with Crippen LogP contribution in [0, 0.1) is 0 Å². The van der Waals surface area contributed by atoms with Crippen LogP contribution in [0.2, 0.25) is 0 Å². The van der Waals surface area contributed by atoms with Gasteiger partial charge in [0.25, 0.3) is 0 Å². The number of phenols is 1. The van der Waals surface area contributed by atoms with Crippen LogP contribution >= 0.6 is 0 Å². The number of carbonyl (C=O) groups excluding carboxylic acids is 1. The van der Waals surface area contributed by atoms with Gasteiger partial charge in [-0.15, -0.1) is 0 Å². The topological polar surface area (TPSA) is 90.5 Å². The number of benzene rings is 1. The van der Waals surface area contributed by atoms with Crippen molar-refractivity contribution in [1.29, 1.82) is 0 Å². The van der Waals surface area contributed by atoms with E-state index in [0.29, 0.717) is 5.71 Å². The molecule has 6 heteroatoms. The predicted octanol–water partition coefficient (Wildman–Crippen LogP) is -6.62. The summed E-state index contributed by atoms with van der Waals surface area (Å²) in [5, 5.41) is 14.0. The summed E-state index contributed by atoms with van der Waals surface area (Å²) in [6.45, 7) is 0. The Kier molecular flexibility index (Phi) is 11.1. The summed E-state index contributed by atoms with van der Waals surface area (Å²) in [5.74, 6) is 0.289. The number of allylic oxidation sites excluding steroid dienone is 4. The Morgan fingerprint density at radius 1 is 1.00 bits per heavy atom. The summed E-state index contributed by atoms with van der Waals surface area (Å²) in [5.41, 5.74) is 5.20. The summed E-state index contributed by atoms with van der Waals surface area (Å²) >= 11 is 0. The number of rotatable bonds is 0. The molecule has 0 aliphatic heterocycles. The van der Waals surface area contributed by atoms with E-state index in [9.17, 15) is 4.79 Å². The number of quaternary nitrogens is 1. The molecular formula is C12H16I2N2O2+2. The normalized spacial score (nSPS) is 11.8. The molecule has 1 aromatic carbocycles. The average Bonchev–Trinajstić information content (AvgIpc) is 2.28. The third-order valence-corrected chi connectivity index (χ3v) is 1.82. The van der Waals surface area contributed by atoms with Crippen LogP contribution in [0.4, 0.5) is 5.69 Å². The Hall–Kier alpha value is -0.740. The molecule has 0 amide bonds. The fraction of sp³-hybridized carbons (Fsp3) is 0. The van der Waals surface area contributed by atoms with Crippen LogP contribution in [0.15, 0.2) is 48.6 Å². The van der Waals surface area contributed by atoms with E-state index in [1.165, 1.54) is 12.2 Å². The van der Waals surface area contributed by atoms with E-state index in [4.69, 9.17) is 10.5 Å². The molecule has 0 heterocycles. The maximum atomic E-state index is 10.4. The number of carbonyl (C=O) groups is 1. The smallest absolute Gasteiger partial charge is 1.00 e. The monoisotopic (exact) mass is 474 g/mol. The van der Waals surface area contributed by atoms with Gasteiger partial charge in [0.2, 0.25) is 0 Å². The van der Waals surface area contributed by atoms with Gasteiger partial charge in [0.1, 0.15) is 11.4 Å². The van der Waals surface area contributed by atoms with Gasteiger partial charge in [0, 0.05) is 24.3 Å². The zero-order valence-corrected chi connectivity index (χ0v) is 13.8. The van der Waals surface area contributed by atoms with Crippen molar-refractivity contribution < 1.29 is 71.9 Å². The van der Waals surface area contributed by atoms with Gasteiger partial charge in [-0.3, -0.25) is 10.2 Å². The molecule has 1 aliphatic rings. The second-order valence-electron chi connectivity index (χ2n) is 3.24. The maximum Gasteiger partial charge on any atom is 1.00 e. The van der Waals surface area contributed by atoms with Gasteiger partial charge in [-0.25, -0.2) is 0 Å². The maximum absolute atomic E-state index is 10.4. The molecule has 98 valence electrons. The lowest BCUT2D eigenvalue weighted by Gasteiger charge is -1.86. The molecular weight excluding hydrogens is 458 g/mol. The standard InChI is InChI=1S/C6H7NO.C6H5NO.2HI/c2*7-5-1-3-6(8)4-2-5;;/h1-4,8H,7H2;1-4,7H;2*1H/p+2. The summed E-state index contributed by atoms with van der Waals surface area (Å²) < 4.78 is 0. The van der Waals surface area contributed by atoms with Crippen molar-refractivity contribution in [2.24, 2.45) is 0 Å². The molecule has 0 atom stereocenters. The van der Waals surface area contributed by atoms with Crippen LogP contribution in [0.5, 0.6) is 5.75 Å². The second-order valence-corrected chi connectivity index (χ2v) is 3.24. The van der Waals surface area contributed by atoms with Crippen LogP contribution in [-0.2, 0) is 4.79 Å². The quantitative estimate of drug-likeness (QED) is 0.258. The summed E-state index contributed by atoms with van der Waals surface area (Å²) in [6.07, 6.45) is 6.05. The number of nitrogens with two attached hydrogens (primary N) is 1. The Bertz CT molecular complexity index is 404. The molecule has 0 radical (unpaired) electrons. The molecule has 2 rings (SSSR count). The average molecular weight is 474 g/mol. The van der Waals surface area contributed by atoms with Crippen LogP contribution < -0.4 is 59.1 Å². The molecule has 6 N–H and O–H groups in total. The molecule has 0 aromatic heterocycles. The van der Waals surface area contributed by atoms with Gasteiger partial charge in [-0.1, -0.05) is 0 Å². The van der Waals surface area contributed by atoms with E-state index in [-0.39, 0.29) is 62.3 Å². The van der Waals surface area contributed by atoms with E-state index in [2.05, 4.69) is 5.73 Å². The minimum Gasteiger partial charge on any atom is -1.00 e. The van der Waals surface area contributed by atoms with Crippen LogP contribution in [0.1, 0.15) is 2.85 Å². The summed E-state index contributed by atoms with van der Waals surface area (Å²) in [6, 6.07) is 6.75. The van der Waals surface area contributed by atoms with E-state index < -0.39 is 0 Å². The number of hydrogen-bond acceptors (Lipinski definition) is 2. The van der Waals surface area contributed by atoms with Crippen molar-refractivity contribution in [2.45, 2.75) is 0 Å². The van der Waals surface area contributed by atoms with E-state index >= 15 is 0 Å². The Morgan fingerprint density at radius 2 is 1.44 bits per heavy atom. The van der Waals surface area contributed by atoms with Crippen LogP contribution in [-0.4, -0.2) is 16.6 Å². The fourth-order valence-electron chi connectivity index (χ4n) is 0.964. The van der Waals surface area contributed by atoms with E-state index in [1.807, 2.05) is 0 Å². The first-order valence-electron chi connectivity index (χ1n) is 4.71. The molecule has 1 aliphatic carbocycles. The molecule has 1 aromatic rings. The summed E-state index contributed by atoms with van der Waals surface area (Å²) in [7, 11) is 0. The van der Waals surface area contributed by atoms with Gasteiger partial charge < -0.3 is 58.8 Å². The molecule has 0 spiro atoms. The fourth-order valence-corrected chi connectivity index (χ4v) is 0.964. The third kappa shape index (κ3) is 8.37. The van der Waals surface area contributed by atoms with Crippen molar-refractivity contribution in [3.8, 4) is 5.75 Å². The highest BCUT2D eigenvalue weighted by Gasteiger charge is 1.99. The Morgan fingerprint density at radius 3 is 1.78 bits per heavy atom. The highest BCUT2D eigenvalue weighted by molar-refractivity contribution is 6.14. The third-order valence-electron chi connectivity index (χ3n) is 1.82. The molecule has 0 bridgehead atoms. The Balaban J connectivity index is -0.000000107. The minimum absolute atomic E-state index is 0. The number of hydrogen-bond donors (Lipinski definition) is 3. The minimum atomic E-state index is -0.000741. The first-order chi connectivity index (χ1) is 7.58. The second kappa shape index (κ2) is 10.2. The van der Waals surface area contributed by atoms with Gasteiger partial charge in [0.15, 0.2) is 11.5 Å². The summed E-state index contributed by atoms with van der Waals surface area (Å²) in [4.78, 5) is 10.4. The van der Waals surface area contributed by atoms with Gasteiger partial charge >= 0.3 is 2.85 Å². The van der Waals surface area contributed by atoms with E-state index in [1.54, 1.807) is 36.4 Å². The molecule has 18 heavy (non-hydrogen) atoms. The number of ketones is 1. The zero-order chi connectivity index (χ0) is 12.0. The largest absolute Gasteiger partial charge is 1.00 e. The van der Waals surface area contributed by atoms with Gasteiger partial charge in [0.05, 0.1) is 0 Å². The first kappa shape index (κ1) is 19.6. The number of halogens is 2. The highest BCUT2D eigenvalue weighted by Crippen LogP contribution is 2.08. The molecule has 0 saturated carbocycles. The molecule has 0 saturated heterocycles. The lowest BCUT2D eigenvalue weighted by atomic mass is 10.2. The Labute approximate surface area is 142 Å². The van der Waals surface area contributed by atoms with Crippen molar-refractivity contribution in [3.05, 3.63) is 48.6 Å². The van der Waals surface area contributed by atoms with Gasteiger partial charge in [-0.05, 0) is 24.3 Å². The van der Waals surface area contributed by atoms with Gasteiger partial charge in [-0.2, -0.15) is 0 Å². The predicted molar refractivity (Wildman–Crippen MR) is 63.1 cm³/mol. The van der Waals surface area contributed by atoms with Crippen molar-refractivity contribution in [1.82, 2.24) is 0 Å². The van der Waals surface area contributed by atoms with Crippen molar-refractivity contribution in [2.75, 3.05) is 0 Å². The van der Waals surface area contributed by atoms with E-state index in [0.717, 1.165) is 5.69 Å².